The van der Waals surface area contributed by atoms with Crippen molar-refractivity contribution in [3.63, 3.8) is 0 Å². The van der Waals surface area contributed by atoms with E-state index in [0.717, 1.165) is 0 Å². The molecule has 1 aromatic heterocycles. The van der Waals surface area contributed by atoms with Gasteiger partial charge in [0, 0.05) is 32.1 Å². The molecule has 3 nitrogen and oxygen atoms in total. The lowest BCUT2D eigenvalue weighted by molar-refractivity contribution is -0.0221. The molecular formula is C11H10ClF2N3. The summed E-state index contributed by atoms with van der Waals surface area (Å²) < 4.78 is 26.0. The molecule has 0 spiro atoms. The molecule has 1 saturated heterocycles. The molecule has 0 amide bonds. The van der Waals surface area contributed by atoms with Crippen LogP contribution in [-0.2, 0) is 0 Å². The van der Waals surface area contributed by atoms with Crippen LogP contribution in [0.1, 0.15) is 18.4 Å². The summed E-state index contributed by atoms with van der Waals surface area (Å²) in [6.45, 7) is 0.456. The Bertz CT molecular complexity index is 460. The second-order valence-corrected chi connectivity index (χ2v) is 4.39. The van der Waals surface area contributed by atoms with Gasteiger partial charge in [0.1, 0.15) is 11.9 Å². The number of anilines is 1. The van der Waals surface area contributed by atoms with Gasteiger partial charge in [-0.1, -0.05) is 11.6 Å². The van der Waals surface area contributed by atoms with Crippen molar-refractivity contribution in [3.05, 3.63) is 22.8 Å². The first-order valence-electron chi connectivity index (χ1n) is 5.20. The molecule has 0 aliphatic carbocycles. The summed E-state index contributed by atoms with van der Waals surface area (Å²) in [5.74, 6) is -2.11. The Morgan fingerprint density at radius 1 is 1.41 bits per heavy atom. The van der Waals surface area contributed by atoms with E-state index in [1.807, 2.05) is 6.07 Å². The van der Waals surface area contributed by atoms with E-state index in [1.54, 1.807) is 4.90 Å². The highest BCUT2D eigenvalue weighted by Crippen LogP contribution is 2.32. The molecule has 0 saturated carbocycles. The van der Waals surface area contributed by atoms with Gasteiger partial charge in [0.25, 0.3) is 5.92 Å². The van der Waals surface area contributed by atoms with Crippen molar-refractivity contribution in [3.8, 4) is 6.07 Å². The van der Waals surface area contributed by atoms with Crippen molar-refractivity contribution < 1.29 is 8.78 Å². The lowest BCUT2D eigenvalue weighted by atomic mass is 10.1. The maximum atomic E-state index is 13.0. The lowest BCUT2D eigenvalue weighted by Gasteiger charge is -2.32. The van der Waals surface area contributed by atoms with E-state index in [0.29, 0.717) is 16.4 Å². The van der Waals surface area contributed by atoms with Crippen LogP contribution in [0.4, 0.5) is 14.6 Å². The molecule has 0 radical (unpaired) electrons. The van der Waals surface area contributed by atoms with E-state index < -0.39 is 5.92 Å². The molecule has 90 valence electrons. The van der Waals surface area contributed by atoms with Gasteiger partial charge in [-0.3, -0.25) is 0 Å². The number of halogens is 3. The third-order valence-electron chi connectivity index (χ3n) is 2.75. The summed E-state index contributed by atoms with van der Waals surface area (Å²) in [5, 5.41) is 9.00. The summed E-state index contributed by atoms with van der Waals surface area (Å²) in [7, 11) is 0. The topological polar surface area (TPSA) is 39.9 Å². The lowest BCUT2D eigenvalue weighted by Crippen LogP contribution is -2.39. The van der Waals surface area contributed by atoms with E-state index in [1.165, 1.54) is 12.3 Å². The van der Waals surface area contributed by atoms with Crippen LogP contribution in [0, 0.1) is 11.3 Å². The number of nitrogens with zero attached hydrogens (tertiary/aromatic N) is 3. The van der Waals surface area contributed by atoms with Gasteiger partial charge < -0.3 is 4.90 Å². The molecule has 17 heavy (non-hydrogen) atoms. The minimum atomic E-state index is -2.59. The van der Waals surface area contributed by atoms with Gasteiger partial charge in [-0.2, -0.15) is 5.26 Å². The third-order valence-corrected chi connectivity index (χ3v) is 3.02. The Hall–Kier alpha value is -1.41. The first kappa shape index (κ1) is 12.1. The quantitative estimate of drug-likeness (QED) is 0.777. The minimum absolute atomic E-state index is 0.189. The molecule has 1 aliphatic rings. The molecule has 6 heteroatoms. The summed E-state index contributed by atoms with van der Waals surface area (Å²) in [6.07, 6.45) is 1.02. The maximum absolute atomic E-state index is 13.0. The number of pyridine rings is 1. The van der Waals surface area contributed by atoms with Gasteiger partial charge in [-0.05, 0) is 6.07 Å². The molecule has 1 aromatic rings. The molecule has 0 unspecified atom stereocenters. The first-order chi connectivity index (χ1) is 8.02. The Morgan fingerprint density at radius 2 is 2.06 bits per heavy atom. The highest BCUT2D eigenvalue weighted by atomic mass is 35.5. The third kappa shape index (κ3) is 2.64. The largest absolute Gasteiger partial charge is 0.355 e. The van der Waals surface area contributed by atoms with E-state index in [4.69, 9.17) is 16.9 Å². The Kier molecular flexibility index (Phi) is 3.16. The summed E-state index contributed by atoms with van der Waals surface area (Å²) in [6, 6.07) is 3.42. The molecule has 0 bridgehead atoms. The van der Waals surface area contributed by atoms with Crippen LogP contribution in [0.15, 0.2) is 12.3 Å². The van der Waals surface area contributed by atoms with Crippen molar-refractivity contribution in [1.82, 2.24) is 4.98 Å². The maximum Gasteiger partial charge on any atom is 0.251 e. The van der Waals surface area contributed by atoms with Gasteiger partial charge in [0.2, 0.25) is 0 Å². The zero-order valence-electron chi connectivity index (χ0n) is 8.96. The number of hydrogen-bond acceptors (Lipinski definition) is 3. The van der Waals surface area contributed by atoms with Crippen molar-refractivity contribution in [2.45, 2.75) is 18.8 Å². The summed E-state index contributed by atoms with van der Waals surface area (Å²) in [4.78, 5) is 5.77. The smallest absolute Gasteiger partial charge is 0.251 e. The standard InChI is InChI=1S/C11H10ClF2N3/c12-9-5-8(6-15)7-16-10(9)17-3-1-11(13,14)2-4-17/h5,7H,1-4H2. The first-order valence-corrected chi connectivity index (χ1v) is 5.58. The zero-order chi connectivity index (χ0) is 12.5. The average Bonchev–Trinajstić information content (AvgIpc) is 2.29. The molecule has 2 rings (SSSR count). The number of nitriles is 1. The normalized spacial score (nSPS) is 18.8. The number of piperidine rings is 1. The second kappa shape index (κ2) is 4.46. The van der Waals surface area contributed by atoms with Gasteiger partial charge >= 0.3 is 0 Å². The molecule has 0 atom stereocenters. The Morgan fingerprint density at radius 3 is 2.59 bits per heavy atom. The van der Waals surface area contributed by atoms with E-state index in [2.05, 4.69) is 4.98 Å². The molecule has 1 fully saturated rings. The van der Waals surface area contributed by atoms with E-state index in [-0.39, 0.29) is 25.9 Å². The van der Waals surface area contributed by atoms with Gasteiger partial charge in [0.05, 0.1) is 10.6 Å². The number of alkyl halides is 2. The van der Waals surface area contributed by atoms with Crippen LogP contribution < -0.4 is 4.90 Å². The van der Waals surface area contributed by atoms with Crippen LogP contribution in [0.3, 0.4) is 0 Å². The van der Waals surface area contributed by atoms with Crippen LogP contribution in [0.25, 0.3) is 0 Å². The zero-order valence-corrected chi connectivity index (χ0v) is 9.71. The number of aromatic nitrogens is 1. The Balaban J connectivity index is 2.17. The molecular weight excluding hydrogens is 248 g/mol. The van der Waals surface area contributed by atoms with Gasteiger partial charge in [0.15, 0.2) is 0 Å². The minimum Gasteiger partial charge on any atom is -0.355 e. The predicted octanol–water partition coefficient (Wildman–Crippen LogP) is 2.84. The Labute approximate surface area is 103 Å². The van der Waals surface area contributed by atoms with Crippen LogP contribution >= 0.6 is 11.6 Å². The SMILES string of the molecule is N#Cc1cnc(N2CCC(F)(F)CC2)c(Cl)c1. The monoisotopic (exact) mass is 257 g/mol. The molecule has 1 aliphatic heterocycles. The van der Waals surface area contributed by atoms with E-state index >= 15 is 0 Å². The average molecular weight is 258 g/mol. The van der Waals surface area contributed by atoms with Crippen LogP contribution in [0.5, 0.6) is 0 Å². The number of rotatable bonds is 1. The highest BCUT2D eigenvalue weighted by molar-refractivity contribution is 6.33. The van der Waals surface area contributed by atoms with Crippen molar-refractivity contribution >= 4 is 17.4 Å². The fraction of sp³-hybridized carbons (Fsp3) is 0.455. The van der Waals surface area contributed by atoms with Gasteiger partial charge in [-0.15, -0.1) is 0 Å². The summed E-state index contributed by atoms with van der Waals surface area (Å²) in [5.41, 5.74) is 0.362. The van der Waals surface area contributed by atoms with E-state index in [9.17, 15) is 8.78 Å². The van der Waals surface area contributed by atoms with Crippen LogP contribution in [0.2, 0.25) is 5.02 Å². The predicted molar refractivity (Wildman–Crippen MR) is 60.4 cm³/mol. The van der Waals surface area contributed by atoms with Gasteiger partial charge in [-0.25, -0.2) is 13.8 Å². The molecule has 0 N–H and O–H groups in total. The van der Waals surface area contributed by atoms with Crippen molar-refractivity contribution in [1.29, 1.82) is 5.26 Å². The van der Waals surface area contributed by atoms with Crippen molar-refractivity contribution in [2.75, 3.05) is 18.0 Å². The second-order valence-electron chi connectivity index (χ2n) is 3.98. The summed E-state index contributed by atoms with van der Waals surface area (Å²) >= 11 is 5.97. The van der Waals surface area contributed by atoms with Crippen LogP contribution in [-0.4, -0.2) is 24.0 Å². The highest BCUT2D eigenvalue weighted by Gasteiger charge is 2.34. The molecule has 2 heterocycles. The fourth-order valence-electron chi connectivity index (χ4n) is 1.77. The fourth-order valence-corrected chi connectivity index (χ4v) is 2.06. The number of hydrogen-bond donors (Lipinski definition) is 0. The van der Waals surface area contributed by atoms with Crippen molar-refractivity contribution in [2.24, 2.45) is 0 Å². The molecule has 0 aromatic carbocycles.